The molecule has 1 fully saturated rings. The van der Waals surface area contributed by atoms with Crippen LogP contribution in [0.4, 0.5) is 10.1 Å². The normalized spacial score (nSPS) is 17.4. The molecular weight excluding hydrogens is 375 g/mol. The average molecular weight is 398 g/mol. The molecule has 2 aromatic carbocycles. The molecule has 1 aliphatic heterocycles. The Morgan fingerprint density at radius 1 is 1.14 bits per heavy atom. The molecule has 0 aliphatic carbocycles. The highest BCUT2D eigenvalue weighted by atomic mass is 19.1. The van der Waals surface area contributed by atoms with Crippen LogP contribution < -0.4 is 5.32 Å². The Morgan fingerprint density at radius 3 is 2.62 bits per heavy atom. The van der Waals surface area contributed by atoms with Crippen LogP contribution in [-0.2, 0) is 9.59 Å². The molecule has 29 heavy (non-hydrogen) atoms. The minimum absolute atomic E-state index is 0.314. The molecule has 0 saturated carbocycles. The standard InChI is InChI=1S/C22H23FN2O4/c1-14(15-6-4-8-17(23)12-15)20(26)24-18-9-5-7-16(13-18)21(27)25-11-3-2-10-19(25)22(28)29/h4-9,12-14,19H,2-3,10-11H2,1H3,(H,24,26)(H,28,29). The van der Waals surface area contributed by atoms with Gasteiger partial charge in [0.2, 0.25) is 5.91 Å². The molecule has 0 spiro atoms. The molecule has 6 nitrogen and oxygen atoms in total. The zero-order chi connectivity index (χ0) is 21.0. The van der Waals surface area contributed by atoms with Crippen molar-refractivity contribution in [3.8, 4) is 0 Å². The minimum atomic E-state index is -1.01. The summed E-state index contributed by atoms with van der Waals surface area (Å²) in [6.07, 6.45) is 1.97. The summed E-state index contributed by atoms with van der Waals surface area (Å²) >= 11 is 0. The van der Waals surface area contributed by atoms with Gasteiger partial charge in [0, 0.05) is 17.8 Å². The summed E-state index contributed by atoms with van der Waals surface area (Å²) in [5, 5.41) is 12.1. The molecule has 1 saturated heterocycles. The van der Waals surface area contributed by atoms with E-state index in [4.69, 9.17) is 0 Å². The summed E-state index contributed by atoms with van der Waals surface area (Å²) in [6, 6.07) is 11.4. The zero-order valence-corrected chi connectivity index (χ0v) is 16.1. The van der Waals surface area contributed by atoms with Crippen molar-refractivity contribution in [3.63, 3.8) is 0 Å². The first-order chi connectivity index (χ1) is 13.9. The highest BCUT2D eigenvalue weighted by Crippen LogP contribution is 2.23. The van der Waals surface area contributed by atoms with E-state index in [0.717, 1.165) is 12.8 Å². The van der Waals surface area contributed by atoms with Gasteiger partial charge in [0.1, 0.15) is 11.9 Å². The number of carboxylic acids is 1. The Kier molecular flexibility index (Phi) is 6.26. The van der Waals surface area contributed by atoms with Crippen molar-refractivity contribution in [3.05, 3.63) is 65.5 Å². The van der Waals surface area contributed by atoms with Crippen LogP contribution >= 0.6 is 0 Å². The molecule has 2 amide bonds. The van der Waals surface area contributed by atoms with Crippen molar-refractivity contribution in [2.45, 2.75) is 38.1 Å². The quantitative estimate of drug-likeness (QED) is 0.805. The number of nitrogens with one attached hydrogen (secondary N) is 1. The molecule has 2 N–H and O–H groups in total. The molecule has 2 unspecified atom stereocenters. The highest BCUT2D eigenvalue weighted by molar-refractivity contribution is 6.00. The lowest BCUT2D eigenvalue weighted by molar-refractivity contribution is -0.143. The van der Waals surface area contributed by atoms with Crippen LogP contribution in [0.25, 0.3) is 0 Å². The maximum Gasteiger partial charge on any atom is 0.326 e. The van der Waals surface area contributed by atoms with Gasteiger partial charge < -0.3 is 15.3 Å². The Morgan fingerprint density at radius 2 is 1.90 bits per heavy atom. The van der Waals surface area contributed by atoms with E-state index in [1.165, 1.54) is 23.1 Å². The van der Waals surface area contributed by atoms with Gasteiger partial charge in [-0.05, 0) is 62.1 Å². The predicted octanol–water partition coefficient (Wildman–Crippen LogP) is 3.65. The van der Waals surface area contributed by atoms with Gasteiger partial charge in [-0.1, -0.05) is 18.2 Å². The number of carboxylic acid groups (broad SMARTS) is 1. The third-order valence-corrected chi connectivity index (χ3v) is 5.17. The molecule has 2 atom stereocenters. The van der Waals surface area contributed by atoms with Gasteiger partial charge in [0.05, 0.1) is 5.92 Å². The second-order valence-electron chi connectivity index (χ2n) is 7.20. The van der Waals surface area contributed by atoms with E-state index in [-0.39, 0.29) is 11.8 Å². The first-order valence-corrected chi connectivity index (χ1v) is 9.57. The van der Waals surface area contributed by atoms with Crippen LogP contribution in [0.5, 0.6) is 0 Å². The SMILES string of the molecule is CC(C(=O)Nc1cccc(C(=O)N2CCCCC2C(=O)O)c1)c1cccc(F)c1. The number of benzene rings is 2. The van der Waals surface area contributed by atoms with Gasteiger partial charge >= 0.3 is 5.97 Å². The third-order valence-electron chi connectivity index (χ3n) is 5.17. The lowest BCUT2D eigenvalue weighted by atomic mass is 9.99. The van der Waals surface area contributed by atoms with E-state index in [9.17, 15) is 23.9 Å². The average Bonchev–Trinajstić information content (AvgIpc) is 2.72. The lowest BCUT2D eigenvalue weighted by Crippen LogP contribution is -2.48. The molecule has 1 aliphatic rings. The van der Waals surface area contributed by atoms with Crippen LogP contribution in [-0.4, -0.2) is 40.4 Å². The number of hydrogen-bond donors (Lipinski definition) is 2. The van der Waals surface area contributed by atoms with Gasteiger partial charge in [-0.15, -0.1) is 0 Å². The predicted molar refractivity (Wildman–Crippen MR) is 106 cm³/mol. The molecule has 1 heterocycles. The Labute approximate surface area is 168 Å². The monoisotopic (exact) mass is 398 g/mol. The molecular formula is C22H23FN2O4. The fourth-order valence-corrected chi connectivity index (χ4v) is 3.51. The molecule has 0 bridgehead atoms. The largest absolute Gasteiger partial charge is 0.480 e. The van der Waals surface area contributed by atoms with Crippen LogP contribution in [0, 0.1) is 5.82 Å². The smallest absolute Gasteiger partial charge is 0.326 e. The van der Waals surface area contributed by atoms with Crippen molar-refractivity contribution >= 4 is 23.5 Å². The first-order valence-electron chi connectivity index (χ1n) is 9.57. The van der Waals surface area contributed by atoms with E-state index >= 15 is 0 Å². The van der Waals surface area contributed by atoms with Gasteiger partial charge in [0.15, 0.2) is 0 Å². The fraction of sp³-hybridized carbons (Fsp3) is 0.318. The van der Waals surface area contributed by atoms with Crippen molar-refractivity contribution in [1.82, 2.24) is 4.90 Å². The number of piperidine rings is 1. The lowest BCUT2D eigenvalue weighted by Gasteiger charge is -2.33. The fourth-order valence-electron chi connectivity index (χ4n) is 3.51. The molecule has 152 valence electrons. The number of nitrogens with zero attached hydrogens (tertiary/aromatic N) is 1. The second kappa shape index (κ2) is 8.86. The van der Waals surface area contributed by atoms with Crippen LogP contribution in [0.15, 0.2) is 48.5 Å². The van der Waals surface area contributed by atoms with E-state index in [1.54, 1.807) is 37.3 Å². The Balaban J connectivity index is 1.74. The molecule has 0 aromatic heterocycles. The Hall–Kier alpha value is -3.22. The van der Waals surface area contributed by atoms with Gasteiger partial charge in [-0.3, -0.25) is 9.59 Å². The topological polar surface area (TPSA) is 86.7 Å². The van der Waals surface area contributed by atoms with E-state index in [1.807, 2.05) is 0 Å². The number of rotatable bonds is 5. The maximum atomic E-state index is 13.4. The number of carbonyl (C=O) groups is 3. The van der Waals surface area contributed by atoms with Crippen molar-refractivity contribution in [1.29, 1.82) is 0 Å². The molecule has 3 rings (SSSR count). The first kappa shape index (κ1) is 20.5. The van der Waals surface area contributed by atoms with Crippen LogP contribution in [0.2, 0.25) is 0 Å². The maximum absolute atomic E-state index is 13.4. The number of halogens is 1. The van der Waals surface area contributed by atoms with Crippen molar-refractivity contribution < 1.29 is 23.9 Å². The van der Waals surface area contributed by atoms with E-state index in [2.05, 4.69) is 5.32 Å². The van der Waals surface area contributed by atoms with E-state index in [0.29, 0.717) is 29.8 Å². The van der Waals surface area contributed by atoms with Gasteiger partial charge in [-0.25, -0.2) is 9.18 Å². The summed E-state index contributed by atoms with van der Waals surface area (Å²) in [6.45, 7) is 2.06. The van der Waals surface area contributed by atoms with Crippen molar-refractivity contribution in [2.24, 2.45) is 0 Å². The van der Waals surface area contributed by atoms with Crippen LogP contribution in [0.1, 0.15) is 48.0 Å². The highest BCUT2D eigenvalue weighted by Gasteiger charge is 2.32. The number of amides is 2. The molecule has 7 heteroatoms. The number of aliphatic carboxylic acids is 1. The Bertz CT molecular complexity index is 931. The summed E-state index contributed by atoms with van der Waals surface area (Å²) < 4.78 is 13.4. The summed E-state index contributed by atoms with van der Waals surface area (Å²) in [4.78, 5) is 38.2. The van der Waals surface area contributed by atoms with Crippen molar-refractivity contribution in [2.75, 3.05) is 11.9 Å². The second-order valence-corrected chi connectivity index (χ2v) is 7.20. The minimum Gasteiger partial charge on any atom is -0.480 e. The number of carbonyl (C=O) groups excluding carboxylic acids is 2. The number of anilines is 1. The zero-order valence-electron chi connectivity index (χ0n) is 16.1. The van der Waals surface area contributed by atoms with Gasteiger partial charge in [0.25, 0.3) is 5.91 Å². The summed E-state index contributed by atoms with van der Waals surface area (Å²) in [5.74, 6) is -2.70. The van der Waals surface area contributed by atoms with Gasteiger partial charge in [-0.2, -0.15) is 0 Å². The molecule has 2 aromatic rings. The summed E-state index contributed by atoms with van der Waals surface area (Å²) in [5.41, 5.74) is 1.29. The van der Waals surface area contributed by atoms with E-state index < -0.39 is 23.7 Å². The number of hydrogen-bond acceptors (Lipinski definition) is 3. The third kappa shape index (κ3) is 4.80. The summed E-state index contributed by atoms with van der Waals surface area (Å²) in [7, 11) is 0. The van der Waals surface area contributed by atoms with Crippen LogP contribution in [0.3, 0.4) is 0 Å². The number of likely N-dealkylation sites (tertiary alicyclic amines) is 1. The molecule has 0 radical (unpaired) electrons.